The van der Waals surface area contributed by atoms with Crippen LogP contribution in [0.3, 0.4) is 0 Å². The van der Waals surface area contributed by atoms with E-state index in [2.05, 4.69) is 6.92 Å². The topological polar surface area (TPSA) is 68.3 Å². The minimum absolute atomic E-state index is 0.0966. The summed E-state index contributed by atoms with van der Waals surface area (Å²) < 4.78 is 16.2. The number of unbranched alkanes of at least 4 members (excludes halogenated alkanes) is 7. The Morgan fingerprint density at radius 2 is 1.77 bits per heavy atom. The molecule has 0 saturated carbocycles. The van der Waals surface area contributed by atoms with Gasteiger partial charge < -0.3 is 19.3 Å². The van der Waals surface area contributed by atoms with Crippen LogP contribution in [0.5, 0.6) is 0 Å². The van der Waals surface area contributed by atoms with E-state index in [9.17, 15) is 4.79 Å². The van der Waals surface area contributed by atoms with Crippen molar-refractivity contribution in [1.82, 2.24) is 0 Å². The summed E-state index contributed by atoms with van der Waals surface area (Å²) in [4.78, 5) is 11.3. The average molecular weight is 373 g/mol. The van der Waals surface area contributed by atoms with Crippen molar-refractivity contribution in [3.63, 3.8) is 0 Å². The fourth-order valence-corrected chi connectivity index (χ4v) is 3.41. The van der Waals surface area contributed by atoms with Crippen molar-refractivity contribution in [3.8, 4) is 0 Å². The molecule has 0 unspecified atom stereocenters. The molecular formula is C21H40O5. The minimum Gasteiger partial charge on any atom is -0.463 e. The SMILES string of the molecule is CCCCC[C@@H]1O[C@@H]1C[C@H](CCCCCCCCC(=O)OCCO)OC. The molecule has 1 heterocycles. The minimum atomic E-state index is -0.197. The van der Waals surface area contributed by atoms with Crippen molar-refractivity contribution in [3.05, 3.63) is 0 Å². The van der Waals surface area contributed by atoms with Crippen LogP contribution in [0.25, 0.3) is 0 Å². The second-order valence-corrected chi connectivity index (χ2v) is 7.41. The van der Waals surface area contributed by atoms with Crippen LogP contribution in [-0.4, -0.2) is 49.7 Å². The highest BCUT2D eigenvalue weighted by Gasteiger charge is 2.39. The zero-order valence-corrected chi connectivity index (χ0v) is 16.9. The van der Waals surface area contributed by atoms with Gasteiger partial charge in [0, 0.05) is 20.0 Å². The molecule has 3 atom stereocenters. The summed E-state index contributed by atoms with van der Waals surface area (Å²) in [6.07, 6.45) is 15.7. The number of carbonyl (C=O) groups is 1. The largest absolute Gasteiger partial charge is 0.463 e. The van der Waals surface area contributed by atoms with Crippen molar-refractivity contribution < 1.29 is 24.1 Å². The Morgan fingerprint density at radius 1 is 1.04 bits per heavy atom. The van der Waals surface area contributed by atoms with Crippen LogP contribution in [0, 0.1) is 0 Å². The van der Waals surface area contributed by atoms with Gasteiger partial charge in [-0.25, -0.2) is 0 Å². The van der Waals surface area contributed by atoms with E-state index in [0.29, 0.717) is 24.7 Å². The van der Waals surface area contributed by atoms with Gasteiger partial charge in [0.25, 0.3) is 0 Å². The maximum Gasteiger partial charge on any atom is 0.305 e. The standard InChI is InChI=1S/C21H40O5/c1-3-4-9-13-19-20(26-19)17-18(24-2)12-10-7-5-6-8-11-14-21(23)25-16-15-22/h18-20,22H,3-17H2,1-2H3/t18-,19-,20+/m0/s1. The molecule has 0 aromatic carbocycles. The predicted molar refractivity (Wildman–Crippen MR) is 103 cm³/mol. The first kappa shape index (κ1) is 23.4. The summed E-state index contributed by atoms with van der Waals surface area (Å²) in [6.45, 7) is 2.25. The molecule has 5 nitrogen and oxygen atoms in total. The van der Waals surface area contributed by atoms with Gasteiger partial charge in [-0.05, 0) is 19.3 Å². The molecule has 1 aliphatic rings. The van der Waals surface area contributed by atoms with Gasteiger partial charge in [0.05, 0.1) is 24.9 Å². The van der Waals surface area contributed by atoms with Gasteiger partial charge in [-0.3, -0.25) is 4.79 Å². The first-order valence-electron chi connectivity index (χ1n) is 10.7. The number of epoxide rings is 1. The smallest absolute Gasteiger partial charge is 0.305 e. The Hall–Kier alpha value is -0.650. The molecule has 0 aromatic rings. The van der Waals surface area contributed by atoms with Crippen LogP contribution in [0.15, 0.2) is 0 Å². The first-order chi connectivity index (χ1) is 12.7. The number of esters is 1. The molecule has 1 saturated heterocycles. The Bertz CT molecular complexity index is 347. The fraction of sp³-hybridized carbons (Fsp3) is 0.952. The second kappa shape index (κ2) is 15.4. The van der Waals surface area contributed by atoms with Crippen molar-refractivity contribution in [1.29, 1.82) is 0 Å². The number of rotatable bonds is 18. The normalized spacial score (nSPS) is 20.1. The van der Waals surface area contributed by atoms with E-state index in [0.717, 1.165) is 32.1 Å². The van der Waals surface area contributed by atoms with E-state index in [4.69, 9.17) is 19.3 Å². The number of carbonyl (C=O) groups excluding carboxylic acids is 1. The number of methoxy groups -OCH3 is 1. The summed E-state index contributed by atoms with van der Waals surface area (Å²) in [6, 6.07) is 0. The average Bonchev–Trinajstić information content (AvgIpc) is 3.39. The maximum atomic E-state index is 11.3. The van der Waals surface area contributed by atoms with Crippen LogP contribution < -0.4 is 0 Å². The van der Waals surface area contributed by atoms with Gasteiger partial charge in [0.1, 0.15) is 6.61 Å². The van der Waals surface area contributed by atoms with Gasteiger partial charge in [-0.1, -0.05) is 58.3 Å². The molecule has 0 amide bonds. The lowest BCUT2D eigenvalue weighted by Crippen LogP contribution is -2.14. The number of hydrogen-bond donors (Lipinski definition) is 1. The van der Waals surface area contributed by atoms with Gasteiger partial charge in [-0.2, -0.15) is 0 Å². The highest BCUT2D eigenvalue weighted by molar-refractivity contribution is 5.69. The Labute approximate surface area is 159 Å². The molecule has 1 fully saturated rings. The molecule has 26 heavy (non-hydrogen) atoms. The molecule has 154 valence electrons. The number of hydrogen-bond acceptors (Lipinski definition) is 5. The Kier molecular flexibility index (Phi) is 13.9. The van der Waals surface area contributed by atoms with Crippen LogP contribution in [-0.2, 0) is 19.0 Å². The maximum absolute atomic E-state index is 11.3. The molecule has 5 heteroatoms. The fourth-order valence-electron chi connectivity index (χ4n) is 3.41. The van der Waals surface area contributed by atoms with Gasteiger partial charge in [0.2, 0.25) is 0 Å². The number of aliphatic hydroxyl groups is 1. The number of aliphatic hydroxyl groups excluding tert-OH is 1. The highest BCUT2D eigenvalue weighted by Crippen LogP contribution is 2.32. The van der Waals surface area contributed by atoms with Crippen LogP contribution >= 0.6 is 0 Å². The molecule has 0 aromatic heterocycles. The van der Waals surface area contributed by atoms with Crippen molar-refractivity contribution >= 4 is 5.97 Å². The molecule has 1 N–H and O–H groups in total. The Morgan fingerprint density at radius 3 is 2.46 bits per heavy atom. The summed E-state index contributed by atoms with van der Waals surface area (Å²) >= 11 is 0. The van der Waals surface area contributed by atoms with Crippen LogP contribution in [0.1, 0.15) is 90.4 Å². The molecule has 0 spiro atoms. The lowest BCUT2D eigenvalue weighted by molar-refractivity contribution is -0.144. The van der Waals surface area contributed by atoms with Gasteiger partial charge >= 0.3 is 5.97 Å². The van der Waals surface area contributed by atoms with E-state index in [1.165, 1.54) is 44.9 Å². The molecule has 1 rings (SSSR count). The van der Waals surface area contributed by atoms with Crippen molar-refractivity contribution in [2.45, 2.75) is 109 Å². The monoisotopic (exact) mass is 372 g/mol. The molecular weight excluding hydrogens is 332 g/mol. The molecule has 1 aliphatic heterocycles. The lowest BCUT2D eigenvalue weighted by Gasteiger charge is -2.14. The summed E-state index contributed by atoms with van der Waals surface area (Å²) in [5, 5.41) is 8.58. The van der Waals surface area contributed by atoms with E-state index < -0.39 is 0 Å². The van der Waals surface area contributed by atoms with Gasteiger partial charge in [-0.15, -0.1) is 0 Å². The number of ether oxygens (including phenoxy) is 3. The van der Waals surface area contributed by atoms with E-state index >= 15 is 0 Å². The van der Waals surface area contributed by atoms with Crippen LogP contribution in [0.4, 0.5) is 0 Å². The zero-order valence-electron chi connectivity index (χ0n) is 16.9. The predicted octanol–water partition coefficient (Wildman–Crippen LogP) is 4.40. The molecule has 0 radical (unpaired) electrons. The van der Waals surface area contributed by atoms with E-state index in [-0.39, 0.29) is 19.2 Å². The third-order valence-corrected chi connectivity index (χ3v) is 5.12. The molecule has 0 aliphatic carbocycles. The summed E-state index contributed by atoms with van der Waals surface area (Å²) in [7, 11) is 1.81. The van der Waals surface area contributed by atoms with Crippen molar-refractivity contribution in [2.24, 2.45) is 0 Å². The highest BCUT2D eigenvalue weighted by atomic mass is 16.6. The third-order valence-electron chi connectivity index (χ3n) is 5.12. The second-order valence-electron chi connectivity index (χ2n) is 7.41. The van der Waals surface area contributed by atoms with E-state index in [1.807, 2.05) is 7.11 Å². The summed E-state index contributed by atoms with van der Waals surface area (Å²) in [5.74, 6) is -0.197. The van der Waals surface area contributed by atoms with Crippen molar-refractivity contribution in [2.75, 3.05) is 20.3 Å². The third kappa shape index (κ3) is 11.9. The van der Waals surface area contributed by atoms with Gasteiger partial charge in [0.15, 0.2) is 0 Å². The quantitative estimate of drug-likeness (QED) is 0.219. The zero-order chi connectivity index (χ0) is 19.0. The first-order valence-corrected chi connectivity index (χ1v) is 10.7. The van der Waals surface area contributed by atoms with Crippen LogP contribution in [0.2, 0.25) is 0 Å². The Balaban J connectivity index is 1.91. The van der Waals surface area contributed by atoms with E-state index in [1.54, 1.807) is 0 Å². The lowest BCUT2D eigenvalue weighted by atomic mass is 10.0. The molecule has 0 bridgehead atoms. The summed E-state index contributed by atoms with van der Waals surface area (Å²) in [5.41, 5.74) is 0.